The molecule has 0 aromatic carbocycles. The van der Waals surface area contributed by atoms with E-state index in [-0.39, 0.29) is 0 Å². The summed E-state index contributed by atoms with van der Waals surface area (Å²) < 4.78 is 22.8. The lowest BCUT2D eigenvalue weighted by atomic mass is 10.2. The van der Waals surface area contributed by atoms with Crippen LogP contribution in [0.5, 0.6) is 0 Å². The van der Waals surface area contributed by atoms with E-state index in [1.165, 1.54) is 0 Å². The van der Waals surface area contributed by atoms with Crippen molar-refractivity contribution in [1.82, 2.24) is 0 Å². The molecule has 0 heterocycles. The van der Waals surface area contributed by atoms with Crippen molar-refractivity contribution in [2.45, 2.75) is 13.3 Å². The molecule has 0 fully saturated rings. The molecule has 4 heteroatoms. The first-order valence-electron chi connectivity index (χ1n) is 2.06. The Balaban J connectivity index is 3.64. The molecule has 0 aromatic heterocycles. The van der Waals surface area contributed by atoms with Gasteiger partial charge >= 0.3 is 0 Å². The van der Waals surface area contributed by atoms with Crippen molar-refractivity contribution in [3.05, 3.63) is 0 Å². The van der Waals surface area contributed by atoms with Crippen molar-refractivity contribution in [3.63, 3.8) is 0 Å². The summed E-state index contributed by atoms with van der Waals surface area (Å²) in [5, 5.41) is -0.764. The maximum absolute atomic E-state index is 11.4. The number of carbonyl (C=O) groups excluding carboxylic acids is 1. The van der Waals surface area contributed by atoms with E-state index >= 15 is 0 Å². The van der Waals surface area contributed by atoms with Gasteiger partial charge < -0.3 is 0 Å². The number of halogens is 2. The molecule has 0 aliphatic rings. The summed E-state index contributed by atoms with van der Waals surface area (Å²) in [6, 6.07) is 0. The lowest BCUT2D eigenvalue weighted by molar-refractivity contribution is -0.117. The zero-order valence-corrected chi connectivity index (χ0v) is 5.16. The predicted molar refractivity (Wildman–Crippen MR) is 29.2 cm³/mol. The van der Waals surface area contributed by atoms with Crippen molar-refractivity contribution in [2.24, 2.45) is 5.92 Å². The second kappa shape index (κ2) is 3.02. The quantitative estimate of drug-likeness (QED) is 0.573. The number of hydrogen-bond donors (Lipinski definition) is 1. The van der Waals surface area contributed by atoms with Gasteiger partial charge in [0.15, 0.2) is 5.12 Å². The summed E-state index contributed by atoms with van der Waals surface area (Å²) >= 11 is 3.21. The molecule has 0 saturated carbocycles. The molecule has 0 N–H and O–H groups in total. The monoisotopic (exact) mass is 140 g/mol. The largest absolute Gasteiger partial charge is 0.287 e. The van der Waals surface area contributed by atoms with Crippen LogP contribution in [0.3, 0.4) is 0 Å². The second-order valence-electron chi connectivity index (χ2n) is 1.46. The molecule has 0 aliphatic carbocycles. The molecule has 1 unspecified atom stereocenters. The third kappa shape index (κ3) is 2.26. The van der Waals surface area contributed by atoms with Crippen LogP contribution >= 0.6 is 12.6 Å². The molecule has 0 saturated heterocycles. The summed E-state index contributed by atoms with van der Waals surface area (Å²) in [5.41, 5.74) is 0. The SMILES string of the molecule is CC(C(=O)S)C(F)F. The van der Waals surface area contributed by atoms with E-state index in [4.69, 9.17) is 0 Å². The topological polar surface area (TPSA) is 17.1 Å². The highest BCUT2D eigenvalue weighted by Crippen LogP contribution is 2.10. The fourth-order valence-electron chi connectivity index (χ4n) is 0.108. The normalized spacial score (nSPS) is 14.1. The molecule has 8 heavy (non-hydrogen) atoms. The Labute approximate surface area is 51.5 Å². The van der Waals surface area contributed by atoms with Gasteiger partial charge in [-0.25, -0.2) is 8.78 Å². The number of alkyl halides is 2. The Bertz CT molecular complexity index is 94.0. The summed E-state index contributed by atoms with van der Waals surface area (Å²) in [6.45, 7) is 1.14. The summed E-state index contributed by atoms with van der Waals surface area (Å²) in [4.78, 5) is 9.97. The van der Waals surface area contributed by atoms with E-state index in [0.29, 0.717) is 0 Å². The Morgan fingerprint density at radius 3 is 2.00 bits per heavy atom. The fourth-order valence-corrected chi connectivity index (χ4v) is 0.220. The van der Waals surface area contributed by atoms with E-state index in [1.54, 1.807) is 0 Å². The molecular weight excluding hydrogens is 134 g/mol. The van der Waals surface area contributed by atoms with Crippen LogP contribution in [0.2, 0.25) is 0 Å². The summed E-state index contributed by atoms with van der Waals surface area (Å²) in [5.74, 6) is -1.24. The van der Waals surface area contributed by atoms with Crippen LogP contribution in [-0.4, -0.2) is 11.5 Å². The number of thiol groups is 1. The molecule has 1 atom stereocenters. The van der Waals surface area contributed by atoms with Crippen LogP contribution in [0.15, 0.2) is 0 Å². The molecule has 0 spiro atoms. The Hall–Kier alpha value is -0.120. The molecule has 0 amide bonds. The van der Waals surface area contributed by atoms with Crippen molar-refractivity contribution in [3.8, 4) is 0 Å². The standard InChI is InChI=1S/C4H6F2OS/c1-2(3(5)6)4(7)8/h2-3H,1H3,(H,7,8). The molecule has 1 nitrogen and oxygen atoms in total. The molecule has 0 radical (unpaired) electrons. The Morgan fingerprint density at radius 1 is 1.62 bits per heavy atom. The molecule has 0 aromatic rings. The number of rotatable bonds is 2. The average Bonchev–Trinajstić information content (AvgIpc) is 1.64. The van der Waals surface area contributed by atoms with Crippen LogP contribution in [0.25, 0.3) is 0 Å². The molecule has 48 valence electrons. The average molecular weight is 140 g/mol. The first-order valence-corrected chi connectivity index (χ1v) is 2.51. The Kier molecular flexibility index (Phi) is 2.97. The second-order valence-corrected chi connectivity index (χ2v) is 1.90. The predicted octanol–water partition coefficient (Wildman–Crippen LogP) is 1.34. The highest BCUT2D eigenvalue weighted by atomic mass is 32.1. The minimum atomic E-state index is -2.58. The van der Waals surface area contributed by atoms with Crippen molar-refractivity contribution in [2.75, 3.05) is 0 Å². The maximum Gasteiger partial charge on any atom is 0.248 e. The number of hydrogen-bond acceptors (Lipinski definition) is 1. The van der Waals surface area contributed by atoms with E-state index in [1.807, 2.05) is 0 Å². The molecule has 0 aliphatic heterocycles. The van der Waals surface area contributed by atoms with Gasteiger partial charge in [-0.3, -0.25) is 4.79 Å². The van der Waals surface area contributed by atoms with Gasteiger partial charge in [-0.2, -0.15) is 0 Å². The summed E-state index contributed by atoms with van der Waals surface area (Å²) in [6.07, 6.45) is -2.58. The minimum Gasteiger partial charge on any atom is -0.287 e. The van der Waals surface area contributed by atoms with Gasteiger partial charge in [0.25, 0.3) is 0 Å². The van der Waals surface area contributed by atoms with E-state index in [2.05, 4.69) is 12.6 Å². The third-order valence-corrected chi connectivity index (χ3v) is 1.17. The molecule has 0 rings (SSSR count). The highest BCUT2D eigenvalue weighted by molar-refractivity contribution is 7.96. The maximum atomic E-state index is 11.4. The summed E-state index contributed by atoms with van der Waals surface area (Å²) in [7, 11) is 0. The first-order chi connectivity index (χ1) is 3.55. The smallest absolute Gasteiger partial charge is 0.248 e. The zero-order valence-electron chi connectivity index (χ0n) is 4.27. The van der Waals surface area contributed by atoms with Crippen LogP contribution in [0.1, 0.15) is 6.92 Å². The van der Waals surface area contributed by atoms with Gasteiger partial charge in [0, 0.05) is 0 Å². The minimum absolute atomic E-state index is 0.764. The third-order valence-electron chi connectivity index (χ3n) is 0.767. The molecular formula is C4H6F2OS. The van der Waals surface area contributed by atoms with Gasteiger partial charge in [-0.15, -0.1) is 12.6 Å². The van der Waals surface area contributed by atoms with Crippen LogP contribution in [-0.2, 0) is 4.79 Å². The highest BCUT2D eigenvalue weighted by Gasteiger charge is 2.19. The van der Waals surface area contributed by atoms with Gasteiger partial charge in [0.05, 0.1) is 5.92 Å². The van der Waals surface area contributed by atoms with Crippen LogP contribution in [0.4, 0.5) is 8.78 Å². The fraction of sp³-hybridized carbons (Fsp3) is 0.750. The van der Waals surface area contributed by atoms with Gasteiger partial charge in [-0.1, -0.05) is 0 Å². The lowest BCUT2D eigenvalue weighted by Gasteiger charge is -2.01. The Morgan fingerprint density at radius 2 is 2.00 bits per heavy atom. The van der Waals surface area contributed by atoms with Crippen molar-refractivity contribution >= 4 is 17.7 Å². The zero-order chi connectivity index (χ0) is 6.73. The molecule has 0 bridgehead atoms. The number of carbonyl (C=O) groups is 1. The lowest BCUT2D eigenvalue weighted by Crippen LogP contribution is -2.13. The van der Waals surface area contributed by atoms with Crippen molar-refractivity contribution in [1.29, 1.82) is 0 Å². The van der Waals surface area contributed by atoms with E-state index < -0.39 is 17.5 Å². The van der Waals surface area contributed by atoms with Crippen LogP contribution < -0.4 is 0 Å². The van der Waals surface area contributed by atoms with E-state index in [0.717, 1.165) is 6.92 Å². The van der Waals surface area contributed by atoms with Crippen molar-refractivity contribution < 1.29 is 13.6 Å². The van der Waals surface area contributed by atoms with Gasteiger partial charge in [-0.05, 0) is 6.92 Å². The first kappa shape index (κ1) is 7.88. The van der Waals surface area contributed by atoms with Gasteiger partial charge in [0.2, 0.25) is 6.43 Å². The van der Waals surface area contributed by atoms with Crippen LogP contribution in [0, 0.1) is 5.92 Å². The van der Waals surface area contributed by atoms with Gasteiger partial charge in [0.1, 0.15) is 0 Å². The van der Waals surface area contributed by atoms with E-state index in [9.17, 15) is 13.6 Å².